The number of anilines is 1. The maximum absolute atomic E-state index is 12.8. The summed E-state index contributed by atoms with van der Waals surface area (Å²) in [6.45, 7) is 0. The van der Waals surface area contributed by atoms with Crippen molar-refractivity contribution < 1.29 is 14.3 Å². The van der Waals surface area contributed by atoms with Crippen LogP contribution in [-0.4, -0.2) is 35.0 Å². The first-order chi connectivity index (χ1) is 13.0. The van der Waals surface area contributed by atoms with Crippen molar-refractivity contribution in [2.24, 2.45) is 0 Å². The largest absolute Gasteiger partial charge is 0.497 e. The van der Waals surface area contributed by atoms with Crippen LogP contribution in [-0.2, 0) is 6.42 Å². The first-order valence-electron chi connectivity index (χ1n) is 8.44. The highest BCUT2D eigenvalue weighted by Crippen LogP contribution is 2.39. The topological polar surface area (TPSA) is 120 Å². The van der Waals surface area contributed by atoms with Gasteiger partial charge in [-0.15, -0.1) is 0 Å². The predicted molar refractivity (Wildman–Crippen MR) is 99.5 cm³/mol. The number of ether oxygens (including phenoxy) is 2. The minimum atomic E-state index is -0.392. The summed E-state index contributed by atoms with van der Waals surface area (Å²) in [5.74, 6) is 1.11. The quantitative estimate of drug-likeness (QED) is 0.725. The van der Waals surface area contributed by atoms with E-state index < -0.39 is 5.56 Å². The number of fused-ring (bicyclic) bond motifs is 3. The molecule has 3 aromatic rings. The normalized spacial score (nSPS) is 16.2. The van der Waals surface area contributed by atoms with E-state index in [1.54, 1.807) is 20.3 Å². The van der Waals surface area contributed by atoms with Gasteiger partial charge in [-0.05, 0) is 29.5 Å². The maximum atomic E-state index is 12.8. The fourth-order valence-electron chi connectivity index (χ4n) is 3.66. The molecule has 1 aliphatic carbocycles. The fraction of sp³-hybridized carbons (Fsp3) is 0.263. The zero-order valence-electron chi connectivity index (χ0n) is 14.9. The van der Waals surface area contributed by atoms with Gasteiger partial charge in [0.2, 0.25) is 5.95 Å². The predicted octanol–water partition coefficient (Wildman–Crippen LogP) is 1.83. The SMILES string of the molecule is COc1ccc([C@@H]2CC(=O)c3cnc4nc(N)[nH]c(=O)c4c3C2)c(OC)c1. The van der Waals surface area contributed by atoms with Crippen molar-refractivity contribution in [3.8, 4) is 11.5 Å². The van der Waals surface area contributed by atoms with Crippen LogP contribution in [0.1, 0.15) is 33.8 Å². The Morgan fingerprint density at radius 2 is 2.00 bits per heavy atom. The van der Waals surface area contributed by atoms with Gasteiger partial charge in [-0.2, -0.15) is 4.98 Å². The molecular formula is C19H18N4O4. The lowest BCUT2D eigenvalue weighted by Crippen LogP contribution is -2.23. The number of benzene rings is 1. The Labute approximate surface area is 154 Å². The zero-order valence-corrected chi connectivity index (χ0v) is 14.9. The summed E-state index contributed by atoms with van der Waals surface area (Å²) in [4.78, 5) is 35.9. The fourth-order valence-corrected chi connectivity index (χ4v) is 3.66. The highest BCUT2D eigenvalue weighted by atomic mass is 16.5. The van der Waals surface area contributed by atoms with Crippen molar-refractivity contribution in [3.63, 3.8) is 0 Å². The second kappa shape index (κ2) is 6.39. The minimum absolute atomic E-state index is 0.00420. The number of ketones is 1. The van der Waals surface area contributed by atoms with Crippen molar-refractivity contribution >= 4 is 22.8 Å². The highest BCUT2D eigenvalue weighted by Gasteiger charge is 2.31. The molecule has 138 valence electrons. The molecule has 8 nitrogen and oxygen atoms in total. The second-order valence-electron chi connectivity index (χ2n) is 6.44. The average Bonchev–Trinajstić information content (AvgIpc) is 2.66. The number of hydrogen-bond acceptors (Lipinski definition) is 7. The molecule has 0 unspecified atom stereocenters. The van der Waals surface area contributed by atoms with Crippen molar-refractivity contribution in [3.05, 3.63) is 51.4 Å². The molecule has 4 rings (SSSR count). The van der Waals surface area contributed by atoms with Crippen LogP contribution in [0.25, 0.3) is 11.0 Å². The third kappa shape index (κ3) is 2.79. The standard InChI is InChI=1S/C19H18N4O4/c1-26-10-3-4-11(15(7-10)27-2)9-5-12-13(14(24)6-9)8-21-17-16(12)18(25)23-19(20)22-17/h3-4,7-9H,5-6H2,1-2H3,(H3,20,21,22,23,25)/t9-/m0/s1. The molecule has 1 aromatic carbocycles. The number of nitrogen functional groups attached to an aromatic ring is 1. The number of nitrogens with one attached hydrogen (secondary N) is 1. The van der Waals surface area contributed by atoms with Gasteiger partial charge in [0.1, 0.15) is 11.5 Å². The highest BCUT2D eigenvalue weighted by molar-refractivity contribution is 6.02. The van der Waals surface area contributed by atoms with Crippen LogP contribution in [0.15, 0.2) is 29.2 Å². The molecule has 1 atom stereocenters. The molecule has 27 heavy (non-hydrogen) atoms. The summed E-state index contributed by atoms with van der Waals surface area (Å²) >= 11 is 0. The van der Waals surface area contributed by atoms with Gasteiger partial charge in [-0.25, -0.2) is 4.98 Å². The number of aromatic amines is 1. The summed E-state index contributed by atoms with van der Waals surface area (Å²) < 4.78 is 10.7. The summed E-state index contributed by atoms with van der Waals surface area (Å²) in [5.41, 5.74) is 7.46. The van der Waals surface area contributed by atoms with E-state index in [-0.39, 0.29) is 23.3 Å². The van der Waals surface area contributed by atoms with Crippen LogP contribution in [0.4, 0.5) is 5.95 Å². The van der Waals surface area contributed by atoms with E-state index in [1.807, 2.05) is 12.1 Å². The number of methoxy groups -OCH3 is 2. The van der Waals surface area contributed by atoms with E-state index in [4.69, 9.17) is 15.2 Å². The van der Waals surface area contributed by atoms with Crippen LogP contribution in [0.2, 0.25) is 0 Å². The van der Waals surface area contributed by atoms with Crippen LogP contribution in [0, 0.1) is 0 Å². The number of carbonyl (C=O) groups excluding carboxylic acids is 1. The number of H-pyrrole nitrogens is 1. The van der Waals surface area contributed by atoms with Gasteiger partial charge in [0, 0.05) is 24.2 Å². The van der Waals surface area contributed by atoms with Crippen LogP contribution < -0.4 is 20.8 Å². The third-order valence-corrected chi connectivity index (χ3v) is 4.92. The number of nitrogens with zero attached hydrogens (tertiary/aromatic N) is 2. The van der Waals surface area contributed by atoms with Crippen molar-refractivity contribution in [2.45, 2.75) is 18.8 Å². The molecule has 0 saturated carbocycles. The van der Waals surface area contributed by atoms with Gasteiger partial charge >= 0.3 is 0 Å². The lowest BCUT2D eigenvalue weighted by Gasteiger charge is -2.26. The number of pyridine rings is 1. The van der Waals surface area contributed by atoms with Crippen LogP contribution in [0.3, 0.4) is 0 Å². The summed E-state index contributed by atoms with van der Waals surface area (Å²) in [6, 6.07) is 5.51. The lowest BCUT2D eigenvalue weighted by molar-refractivity contribution is 0.0964. The van der Waals surface area contributed by atoms with Gasteiger partial charge in [0.05, 0.1) is 19.6 Å². The van der Waals surface area contributed by atoms with Crippen molar-refractivity contribution in [1.29, 1.82) is 0 Å². The van der Waals surface area contributed by atoms with Crippen molar-refractivity contribution in [2.75, 3.05) is 20.0 Å². The molecule has 0 saturated heterocycles. The number of rotatable bonds is 3. The minimum Gasteiger partial charge on any atom is -0.497 e. The van der Waals surface area contributed by atoms with Crippen LogP contribution in [0.5, 0.6) is 11.5 Å². The van der Waals surface area contributed by atoms with Gasteiger partial charge in [-0.3, -0.25) is 14.6 Å². The Hall–Kier alpha value is -3.42. The molecule has 1 aliphatic rings. The number of aromatic nitrogens is 3. The second-order valence-corrected chi connectivity index (χ2v) is 6.44. The first-order valence-corrected chi connectivity index (χ1v) is 8.44. The molecule has 0 spiro atoms. The molecule has 0 bridgehead atoms. The molecule has 8 heteroatoms. The average molecular weight is 366 g/mol. The van der Waals surface area contributed by atoms with Crippen LogP contribution >= 0.6 is 0 Å². The molecule has 0 amide bonds. The lowest BCUT2D eigenvalue weighted by atomic mass is 9.79. The number of nitrogens with two attached hydrogens (primary N) is 1. The maximum Gasteiger partial charge on any atom is 0.262 e. The smallest absolute Gasteiger partial charge is 0.262 e. The van der Waals surface area contributed by atoms with Gasteiger partial charge in [-0.1, -0.05) is 6.07 Å². The Morgan fingerprint density at radius 3 is 2.74 bits per heavy atom. The molecule has 0 fully saturated rings. The molecular weight excluding hydrogens is 348 g/mol. The summed E-state index contributed by atoms with van der Waals surface area (Å²) in [7, 11) is 3.16. The Kier molecular flexibility index (Phi) is 4.02. The van der Waals surface area contributed by atoms with Gasteiger partial charge in [0.25, 0.3) is 5.56 Å². The van der Waals surface area contributed by atoms with Gasteiger partial charge < -0.3 is 15.2 Å². The third-order valence-electron chi connectivity index (χ3n) is 4.92. The molecule has 2 aromatic heterocycles. The summed E-state index contributed by atoms with van der Waals surface area (Å²) in [5, 5.41) is 0.312. The van der Waals surface area contributed by atoms with E-state index in [0.717, 1.165) is 5.56 Å². The van der Waals surface area contributed by atoms with E-state index >= 15 is 0 Å². The first kappa shape index (κ1) is 17.0. The summed E-state index contributed by atoms with van der Waals surface area (Å²) in [6.07, 6.45) is 2.29. The van der Waals surface area contributed by atoms with E-state index in [0.29, 0.717) is 40.9 Å². The number of carbonyl (C=O) groups is 1. The van der Waals surface area contributed by atoms with Gasteiger partial charge in [0.15, 0.2) is 11.4 Å². The van der Waals surface area contributed by atoms with Crippen molar-refractivity contribution in [1.82, 2.24) is 15.0 Å². The van der Waals surface area contributed by atoms with E-state index in [9.17, 15) is 9.59 Å². The Morgan fingerprint density at radius 1 is 1.19 bits per heavy atom. The molecule has 3 N–H and O–H groups in total. The Bertz CT molecular complexity index is 1120. The zero-order chi connectivity index (χ0) is 19.1. The van der Waals surface area contributed by atoms with E-state index in [1.165, 1.54) is 6.20 Å². The monoisotopic (exact) mass is 366 g/mol. The Balaban J connectivity index is 1.87. The van der Waals surface area contributed by atoms with E-state index in [2.05, 4.69) is 15.0 Å². The molecule has 0 radical (unpaired) electrons. The number of hydrogen-bond donors (Lipinski definition) is 2. The number of Topliss-reactive ketones (excluding diaryl/α,β-unsaturated/α-hetero) is 1. The molecule has 0 aliphatic heterocycles. The molecule has 2 heterocycles.